The molecule has 3 aromatic carbocycles. The van der Waals surface area contributed by atoms with E-state index in [4.69, 9.17) is 33.8 Å². The molecule has 3 heterocycles. The van der Waals surface area contributed by atoms with Gasteiger partial charge in [0.15, 0.2) is 11.4 Å². The van der Waals surface area contributed by atoms with Crippen molar-refractivity contribution in [1.29, 1.82) is 0 Å². The molecule has 66 heavy (non-hydrogen) atoms. The van der Waals surface area contributed by atoms with Gasteiger partial charge < -0.3 is 44.0 Å². The Hall–Kier alpha value is -10.1. The minimum atomic E-state index is -0.942. The summed E-state index contributed by atoms with van der Waals surface area (Å²) >= 11 is 0. The van der Waals surface area contributed by atoms with Crippen LogP contribution in [0.15, 0.2) is 114 Å². The van der Waals surface area contributed by atoms with Gasteiger partial charge in [0.1, 0.15) is 16.7 Å². The molecule has 27 heteroatoms. The number of carbonyl (C=O) groups is 3. The summed E-state index contributed by atoms with van der Waals surface area (Å²) in [5, 5.41) is 64.1. The molecule has 0 aliphatic rings. The summed E-state index contributed by atoms with van der Waals surface area (Å²) in [4.78, 5) is 93.5. The number of nitrogen functional groups attached to an aromatic ring is 2. The molecule has 27 nitrogen and oxygen atoms in total. The Morgan fingerprint density at radius 2 is 0.924 bits per heavy atom. The van der Waals surface area contributed by atoms with Crippen LogP contribution in [0.2, 0.25) is 0 Å². The van der Waals surface area contributed by atoms with E-state index in [1.165, 1.54) is 63.2 Å². The van der Waals surface area contributed by atoms with Crippen molar-refractivity contribution < 1.29 is 39.5 Å². The molecule has 0 saturated carbocycles. The molecule has 0 unspecified atom stereocenters. The maximum Gasteiger partial charge on any atom is 0.278 e. The Labute approximate surface area is 368 Å². The number of non-ortho nitro benzene ring substituents is 2. The van der Waals surface area contributed by atoms with Gasteiger partial charge in [0.05, 0.1) is 21.2 Å². The van der Waals surface area contributed by atoms with Gasteiger partial charge in [-0.05, 0) is 56.7 Å². The number of nitrogens with zero attached hydrogens (tertiary/aromatic N) is 6. The highest BCUT2D eigenvalue weighted by Gasteiger charge is 2.20. The first kappa shape index (κ1) is 50.3. The lowest BCUT2D eigenvalue weighted by atomic mass is 10.1. The number of hydrogen-bond donors (Lipinski definition) is 11. The molecular formula is C39H38N14O13. The number of rotatable bonds is 9. The monoisotopic (exact) mass is 910 g/mol. The normalized spacial score (nSPS) is 10.4. The average Bonchev–Trinajstić information content (AvgIpc) is 3.20. The summed E-state index contributed by atoms with van der Waals surface area (Å²) < 4.78 is 0. The topological polar surface area (TPSA) is 476 Å². The van der Waals surface area contributed by atoms with Gasteiger partial charge in [-0.3, -0.25) is 63.9 Å². The number of primary amides is 3. The van der Waals surface area contributed by atoms with E-state index >= 15 is 0 Å². The van der Waals surface area contributed by atoms with Crippen molar-refractivity contribution in [2.75, 3.05) is 11.5 Å². The number of azo groups is 2. The molecule has 16 N–H and O–H groups in total. The number of nitrogens with two attached hydrogens (primary N) is 5. The molecule has 0 aliphatic carbocycles. The maximum absolute atomic E-state index is 11.8. The second kappa shape index (κ2) is 22.1. The Morgan fingerprint density at radius 1 is 0.545 bits per heavy atom. The molecule has 0 aliphatic heterocycles. The van der Waals surface area contributed by atoms with Crippen molar-refractivity contribution in [3.05, 3.63) is 164 Å². The van der Waals surface area contributed by atoms with Gasteiger partial charge in [0.25, 0.3) is 45.8 Å². The fourth-order valence-corrected chi connectivity index (χ4v) is 5.33. The quantitative estimate of drug-likeness (QED) is 0.0423. The fraction of sp³-hybridized carbons (Fsp3) is 0.0769. The van der Waals surface area contributed by atoms with Crippen LogP contribution in [0.4, 0.5) is 45.5 Å². The minimum absolute atomic E-state index is 0.0278. The van der Waals surface area contributed by atoms with Crippen molar-refractivity contribution in [1.82, 2.24) is 15.0 Å². The molecule has 342 valence electrons. The van der Waals surface area contributed by atoms with Gasteiger partial charge in [0.2, 0.25) is 17.6 Å². The molecule has 3 aromatic heterocycles. The van der Waals surface area contributed by atoms with Crippen LogP contribution < -0.4 is 45.3 Å². The number of anilines is 2. The summed E-state index contributed by atoms with van der Waals surface area (Å²) in [5.41, 5.74) is 25.2. The van der Waals surface area contributed by atoms with Crippen LogP contribution in [0.5, 0.6) is 17.6 Å². The van der Waals surface area contributed by atoms with Crippen LogP contribution in [0, 0.1) is 41.0 Å². The van der Waals surface area contributed by atoms with E-state index < -0.39 is 61.9 Å². The van der Waals surface area contributed by atoms with Crippen LogP contribution in [-0.4, -0.2) is 57.8 Å². The highest BCUT2D eigenvalue weighted by molar-refractivity contribution is 5.98. The van der Waals surface area contributed by atoms with Gasteiger partial charge in [-0.1, -0.05) is 18.2 Å². The molecule has 0 fully saturated rings. The Kier molecular flexibility index (Phi) is 16.9. The smallest absolute Gasteiger partial charge is 0.278 e. The summed E-state index contributed by atoms with van der Waals surface area (Å²) in [7, 11) is 0. The Balaban J connectivity index is 0.000000246. The zero-order valence-electron chi connectivity index (χ0n) is 34.5. The molecule has 0 atom stereocenters. The van der Waals surface area contributed by atoms with E-state index in [0.717, 1.165) is 0 Å². The first-order valence-electron chi connectivity index (χ1n) is 18.1. The first-order valence-corrected chi connectivity index (χ1v) is 18.1. The number of carbonyl (C=O) groups excluding carboxylic acids is 3. The number of aromatic nitrogens is 3. The molecule has 0 radical (unpaired) electrons. The zero-order valence-corrected chi connectivity index (χ0v) is 34.5. The van der Waals surface area contributed by atoms with Crippen LogP contribution >= 0.6 is 0 Å². The lowest BCUT2D eigenvalue weighted by Gasteiger charge is -2.06. The summed E-state index contributed by atoms with van der Waals surface area (Å²) in [6.07, 6.45) is 0. The number of nitrogens with one attached hydrogen (secondary N) is 3. The van der Waals surface area contributed by atoms with E-state index in [2.05, 4.69) is 30.4 Å². The first-order chi connectivity index (χ1) is 30.9. The summed E-state index contributed by atoms with van der Waals surface area (Å²) in [5.74, 6) is -4.30. The Bertz CT molecular complexity index is 3080. The molecular weight excluding hydrogens is 873 g/mol. The van der Waals surface area contributed by atoms with E-state index in [1.54, 1.807) is 36.4 Å². The number of nitro benzene ring substituents is 2. The van der Waals surface area contributed by atoms with Gasteiger partial charge in [0, 0.05) is 52.8 Å². The minimum Gasteiger partial charge on any atom is -0.494 e. The van der Waals surface area contributed by atoms with Crippen LogP contribution in [-0.2, 0) is 0 Å². The number of benzene rings is 3. The highest BCUT2D eigenvalue weighted by Crippen LogP contribution is 2.27. The number of aromatic amines is 3. The predicted molar refractivity (Wildman–Crippen MR) is 236 cm³/mol. The number of pyridine rings is 3. The fourth-order valence-electron chi connectivity index (χ4n) is 5.33. The van der Waals surface area contributed by atoms with Gasteiger partial charge in [-0.2, -0.15) is 10.2 Å². The SMILES string of the molecule is Cc1c(C(N)=O)c(O)[nH]c(=O)c1N=Nc1cccc(N)c1.Cc1c(C(N)=O)c(O)[nH]c(=O)c1N=Nc1cccc([N+](=O)[O-])c1.Cc1cc(=O)[nH]c(O)c1C(N)=O.Nc1cccc([N+](=O)[O-])c1. The van der Waals surface area contributed by atoms with E-state index in [9.17, 15) is 59.2 Å². The lowest BCUT2D eigenvalue weighted by Crippen LogP contribution is -2.18. The molecule has 6 rings (SSSR count). The molecule has 3 amide bonds. The lowest BCUT2D eigenvalue weighted by molar-refractivity contribution is -0.385. The third-order valence-electron chi connectivity index (χ3n) is 8.31. The van der Waals surface area contributed by atoms with Crippen molar-refractivity contribution in [2.24, 2.45) is 37.7 Å². The standard InChI is InChI=1S/C13H11N5O5.C13H13N5O3.C7H8N2O3.C6H6N2O2/c1-6-9(11(14)19)12(20)15-13(21)10(6)17-16-7-3-2-4-8(5-7)18(22)23;1-6-9(11(15)19)12(20)16-13(21)10(6)18-17-8-4-2-3-7(14)5-8;1-3-2-4(10)9-7(12)5(3)6(8)11;7-5-2-1-3-6(4-5)8(9)10/h2-5H,1H3,(H2,14,19)(H2,15,20,21);2-5H,14H2,1H3,(H2,15,19)(H2,16,20,21);2H,1H3,(H2,8,11)(H2,9,10,12);1-4H,7H2. The number of H-pyrrole nitrogens is 3. The van der Waals surface area contributed by atoms with E-state index in [-0.39, 0.29) is 56.3 Å². The summed E-state index contributed by atoms with van der Waals surface area (Å²) in [6, 6.07) is 19.0. The third kappa shape index (κ3) is 13.5. The van der Waals surface area contributed by atoms with Crippen molar-refractivity contribution in [3.63, 3.8) is 0 Å². The summed E-state index contributed by atoms with van der Waals surface area (Å²) in [6.45, 7) is 4.34. The Morgan fingerprint density at radius 3 is 1.30 bits per heavy atom. The predicted octanol–water partition coefficient (Wildman–Crippen LogP) is 3.96. The van der Waals surface area contributed by atoms with Gasteiger partial charge >= 0.3 is 0 Å². The number of nitro groups is 2. The van der Waals surface area contributed by atoms with Gasteiger partial charge in [-0.25, -0.2) is 0 Å². The second-order valence-corrected chi connectivity index (χ2v) is 13.1. The number of hydrogen-bond acceptors (Lipinski definition) is 19. The average molecular weight is 911 g/mol. The largest absolute Gasteiger partial charge is 0.494 e. The van der Waals surface area contributed by atoms with Crippen molar-refractivity contribution >= 4 is 63.2 Å². The second-order valence-electron chi connectivity index (χ2n) is 13.1. The van der Waals surface area contributed by atoms with Gasteiger partial charge in [-0.15, -0.1) is 10.2 Å². The molecule has 6 aromatic rings. The van der Waals surface area contributed by atoms with E-state index in [0.29, 0.717) is 22.6 Å². The van der Waals surface area contributed by atoms with Crippen molar-refractivity contribution in [3.8, 4) is 17.6 Å². The molecule has 0 saturated heterocycles. The molecule has 0 bridgehead atoms. The third-order valence-corrected chi connectivity index (χ3v) is 8.31. The van der Waals surface area contributed by atoms with Crippen LogP contribution in [0.1, 0.15) is 47.8 Å². The maximum atomic E-state index is 11.8. The zero-order chi connectivity index (χ0) is 49.6. The van der Waals surface area contributed by atoms with Crippen LogP contribution in [0.3, 0.4) is 0 Å². The number of aromatic hydroxyl groups is 3. The van der Waals surface area contributed by atoms with E-state index in [1.807, 2.05) is 4.98 Å². The number of amides is 3. The molecule has 0 spiro atoms. The van der Waals surface area contributed by atoms with Crippen molar-refractivity contribution in [2.45, 2.75) is 20.8 Å². The highest BCUT2D eigenvalue weighted by atomic mass is 16.6. The number of aryl methyl sites for hydroxylation is 1. The van der Waals surface area contributed by atoms with Crippen LogP contribution in [0.25, 0.3) is 0 Å².